The van der Waals surface area contributed by atoms with Crippen LogP contribution in [0.2, 0.25) is 0 Å². The number of carboxylic acid groups (broad SMARTS) is 2. The maximum Gasteiger partial charge on any atom is 0.416 e. The van der Waals surface area contributed by atoms with Gasteiger partial charge in [0.05, 0.1) is 15.4 Å². The molecule has 0 aromatic heterocycles. The molecule has 0 atom stereocenters. The van der Waals surface area contributed by atoms with Crippen LogP contribution in [0, 0.1) is 0 Å². The molecule has 1 aromatic rings. The maximum atomic E-state index is 12.6. The Morgan fingerprint density at radius 1 is 1.13 bits per heavy atom. The number of hydrogen-bond donors (Lipinski definition) is 3. The smallest absolute Gasteiger partial charge is 0.416 e. The van der Waals surface area contributed by atoms with Crippen LogP contribution < -0.4 is 5.73 Å². The summed E-state index contributed by atoms with van der Waals surface area (Å²) in [7, 11) is -2.44. The zero-order valence-corrected chi connectivity index (χ0v) is 15.9. The second kappa shape index (κ2) is 15.0. The molecule has 11 heteroatoms. The van der Waals surface area contributed by atoms with Gasteiger partial charge >= 0.3 is 18.1 Å². The molecule has 0 saturated carbocycles. The highest BCUT2D eigenvalue weighted by molar-refractivity contribution is 6.00. The Balaban J connectivity index is 0.00000109. The summed E-state index contributed by atoms with van der Waals surface area (Å²) in [6.07, 6.45) is -1.87. The van der Waals surface area contributed by atoms with Gasteiger partial charge in [0.2, 0.25) is 0 Å². The minimum Gasteiger partial charge on any atom is -0.478 e. The number of alkyl halides is 3. The molecule has 0 bridgehead atoms. The third-order valence-electron chi connectivity index (χ3n) is 3.21. The van der Waals surface area contributed by atoms with Crippen molar-refractivity contribution in [2.24, 2.45) is 10.9 Å². The summed E-state index contributed by atoms with van der Waals surface area (Å²) >= 11 is 0. The Morgan fingerprint density at radius 2 is 1.73 bits per heavy atom. The van der Waals surface area contributed by atoms with Crippen molar-refractivity contribution in [2.45, 2.75) is 25.4 Å². The number of hydrogen-bond acceptors (Lipinski definition) is 6. The van der Waals surface area contributed by atoms with E-state index in [1.807, 2.05) is 0 Å². The van der Waals surface area contributed by atoms with Gasteiger partial charge in [-0.2, -0.15) is 13.2 Å². The highest BCUT2D eigenvalue weighted by Gasteiger charge is 2.30. The van der Waals surface area contributed by atoms with E-state index in [1.54, 1.807) is 0 Å². The van der Waals surface area contributed by atoms with E-state index in [-0.39, 0.29) is 19.8 Å². The van der Waals surface area contributed by atoms with Gasteiger partial charge in [0.25, 0.3) is 0 Å². The first-order valence-electron chi connectivity index (χ1n) is 10.1. The van der Waals surface area contributed by atoms with Gasteiger partial charge in [0, 0.05) is 32.3 Å². The molecule has 0 fully saturated rings. The maximum absolute atomic E-state index is 12.6. The molecule has 1 rings (SSSR count). The van der Waals surface area contributed by atoms with Crippen LogP contribution in [0.1, 0.15) is 34.5 Å². The first-order chi connectivity index (χ1) is 15.3. The summed E-state index contributed by atoms with van der Waals surface area (Å²) in [6.45, 7) is 0.503. The van der Waals surface area contributed by atoms with Crippen molar-refractivity contribution >= 4 is 17.7 Å². The van der Waals surface area contributed by atoms with Crippen LogP contribution in [-0.2, 0) is 25.3 Å². The normalized spacial score (nSPS) is 13.6. The van der Waals surface area contributed by atoms with E-state index in [0.717, 1.165) is 12.1 Å². The average molecular weight is 437 g/mol. The quantitative estimate of drug-likeness (QED) is 0.210. The van der Waals surface area contributed by atoms with Crippen molar-refractivity contribution in [2.75, 3.05) is 26.8 Å². The summed E-state index contributed by atoms with van der Waals surface area (Å²) in [5.41, 5.74) is 5.54. The lowest BCUT2D eigenvalue weighted by molar-refractivity contribution is -0.137. The lowest BCUT2D eigenvalue weighted by atomic mass is 10.0. The van der Waals surface area contributed by atoms with Crippen molar-refractivity contribution in [3.63, 3.8) is 0 Å². The fraction of sp³-hybridized carbons (Fsp3) is 0.421. The van der Waals surface area contributed by atoms with Gasteiger partial charge in [-0.3, -0.25) is 0 Å². The molecule has 0 amide bonds. The third kappa shape index (κ3) is 13.3. The van der Waals surface area contributed by atoms with Crippen molar-refractivity contribution < 1.29 is 46.7 Å². The molecule has 0 radical (unpaired) electrons. The Labute approximate surface area is 176 Å². The number of nitrogens with zero attached hydrogens (tertiary/aromatic N) is 1. The molecule has 8 nitrogen and oxygen atoms in total. The largest absolute Gasteiger partial charge is 0.478 e. The number of unbranched alkanes of at least 4 members (excludes halogenated alkanes) is 1. The van der Waals surface area contributed by atoms with Crippen LogP contribution in [0.5, 0.6) is 0 Å². The lowest BCUT2D eigenvalue weighted by Crippen LogP contribution is -2.09. The Bertz CT molecular complexity index is 781. The van der Waals surface area contributed by atoms with E-state index in [2.05, 4.69) is 9.89 Å². The molecule has 168 valence electrons. The number of carbonyl (C=O) groups is 2. The third-order valence-corrected chi connectivity index (χ3v) is 3.21. The predicted octanol–water partition coefficient (Wildman–Crippen LogP) is 2.91. The van der Waals surface area contributed by atoms with Gasteiger partial charge in [-0.25, -0.2) is 9.59 Å². The molecule has 4 N–H and O–H groups in total. The van der Waals surface area contributed by atoms with Crippen molar-refractivity contribution in [3.8, 4) is 0 Å². The van der Waals surface area contributed by atoms with Crippen LogP contribution in [0.3, 0.4) is 0 Å². The lowest BCUT2D eigenvalue weighted by Gasteiger charge is -2.10. The van der Waals surface area contributed by atoms with E-state index in [4.69, 9.17) is 24.9 Å². The number of aliphatic carboxylic acids is 2. The second-order valence-corrected chi connectivity index (χ2v) is 5.55. The zero-order valence-electron chi connectivity index (χ0n) is 18.9. The van der Waals surface area contributed by atoms with E-state index in [1.165, 1.54) is 12.1 Å². The summed E-state index contributed by atoms with van der Waals surface area (Å²) in [5.74, 6) is -2.51. The molecule has 0 aliphatic carbocycles. The SMILES string of the molecule is O=C(O)C=CC(=O)O.[2H]C([2H])([2H])OCCCC/C(=N\OCCN)c1ccc(C(F)(F)F)cc1. The first-order valence-corrected chi connectivity index (χ1v) is 8.60. The summed E-state index contributed by atoms with van der Waals surface area (Å²) < 4.78 is 63.3. The molecule has 0 aliphatic rings. The number of ether oxygens (including phenoxy) is 1. The van der Waals surface area contributed by atoms with Gasteiger partial charge in [-0.1, -0.05) is 17.3 Å². The second-order valence-electron chi connectivity index (χ2n) is 5.55. The standard InChI is InChI=1S/C15H21F3N2O2.C4H4O4/c1-21-10-3-2-4-14(20-22-11-9-19)12-5-7-13(8-6-12)15(16,17)18;5-3(6)1-2-4(7)8/h5-8H,2-4,9-11,19H2,1H3;1-2H,(H,5,6)(H,7,8)/b20-14+;/i1D3;. The summed E-state index contributed by atoms with van der Waals surface area (Å²) in [4.78, 5) is 24.1. The number of carboxylic acids is 2. The van der Waals surface area contributed by atoms with Crippen molar-refractivity contribution in [3.05, 3.63) is 47.5 Å². The molecule has 1 aromatic carbocycles. The number of methoxy groups -OCH3 is 1. The van der Waals surface area contributed by atoms with E-state index >= 15 is 0 Å². The molecular weight excluding hydrogens is 409 g/mol. The first kappa shape index (κ1) is 21.8. The molecule has 0 aliphatic heterocycles. The fourth-order valence-electron chi connectivity index (χ4n) is 1.88. The molecular formula is C19H25F3N2O6. The molecule has 0 unspecified atom stereocenters. The van der Waals surface area contributed by atoms with E-state index < -0.39 is 30.7 Å². The number of halogens is 3. The number of benzene rings is 1. The summed E-state index contributed by atoms with van der Waals surface area (Å²) in [5, 5.41) is 19.5. The van der Waals surface area contributed by atoms with Crippen molar-refractivity contribution in [1.29, 1.82) is 0 Å². The molecule has 30 heavy (non-hydrogen) atoms. The monoisotopic (exact) mass is 437 g/mol. The number of nitrogens with two attached hydrogens (primary N) is 1. The van der Waals surface area contributed by atoms with Gasteiger partial charge in [-0.05, 0) is 37.0 Å². The van der Waals surface area contributed by atoms with Crippen LogP contribution in [0.4, 0.5) is 13.2 Å². The molecule has 0 heterocycles. The Hall–Kier alpha value is -2.92. The number of rotatable bonds is 11. The highest BCUT2D eigenvalue weighted by atomic mass is 19.4. The van der Waals surface area contributed by atoms with Gasteiger partial charge < -0.3 is 25.5 Å². The topological polar surface area (TPSA) is 131 Å². The number of oxime groups is 1. The van der Waals surface area contributed by atoms with Crippen LogP contribution in [0.15, 0.2) is 41.6 Å². The van der Waals surface area contributed by atoms with Gasteiger partial charge in [-0.15, -0.1) is 0 Å². The average Bonchev–Trinajstić information content (AvgIpc) is 2.70. The van der Waals surface area contributed by atoms with E-state index in [0.29, 0.717) is 42.7 Å². The Morgan fingerprint density at radius 3 is 2.20 bits per heavy atom. The van der Waals surface area contributed by atoms with Crippen molar-refractivity contribution in [1.82, 2.24) is 0 Å². The Kier molecular flexibility index (Phi) is 10.9. The minimum atomic E-state index is -4.40. The minimum absolute atomic E-state index is 0.0560. The highest BCUT2D eigenvalue weighted by Crippen LogP contribution is 2.29. The predicted molar refractivity (Wildman–Crippen MR) is 103 cm³/mol. The van der Waals surface area contributed by atoms with E-state index in [9.17, 15) is 22.8 Å². The zero-order chi connectivity index (χ0) is 25.5. The fourth-order valence-corrected chi connectivity index (χ4v) is 1.88. The molecule has 0 spiro atoms. The molecule has 0 saturated heterocycles. The van der Waals surface area contributed by atoms with Crippen LogP contribution in [-0.4, -0.2) is 54.7 Å². The van der Waals surface area contributed by atoms with Gasteiger partial charge in [0.15, 0.2) is 0 Å². The summed E-state index contributed by atoms with van der Waals surface area (Å²) in [6, 6.07) is 4.61. The van der Waals surface area contributed by atoms with Gasteiger partial charge in [0.1, 0.15) is 6.61 Å². The van der Waals surface area contributed by atoms with Crippen LogP contribution >= 0.6 is 0 Å². The van der Waals surface area contributed by atoms with Crippen LogP contribution in [0.25, 0.3) is 0 Å².